The molecular weight excluding hydrogens is 514 g/mol. The number of hydrogen-bond acceptors (Lipinski definition) is 3. The number of rotatable bonds is 8. The molecule has 11 heteroatoms. The quantitative estimate of drug-likeness (QED) is 0.297. The number of hydrogen-bond donors (Lipinski definition) is 1. The lowest BCUT2D eigenvalue weighted by molar-refractivity contribution is -0.190. The molecule has 0 aromatic heterocycles. The van der Waals surface area contributed by atoms with Gasteiger partial charge in [-0.05, 0) is 43.2 Å². The van der Waals surface area contributed by atoms with Crippen molar-refractivity contribution in [1.82, 2.24) is 0 Å². The predicted octanol–water partition coefficient (Wildman–Crippen LogP) is 6.70. The lowest BCUT2D eigenvalue weighted by Gasteiger charge is -2.31. The molecule has 1 aliphatic rings. The van der Waals surface area contributed by atoms with Crippen molar-refractivity contribution in [3.8, 4) is 17.6 Å². The van der Waals surface area contributed by atoms with E-state index in [0.717, 1.165) is 6.08 Å². The Labute approximate surface area is 209 Å². The van der Waals surface area contributed by atoms with E-state index in [2.05, 4.69) is 5.92 Å². The zero-order chi connectivity index (χ0) is 27.1. The summed E-state index contributed by atoms with van der Waals surface area (Å²) in [4.78, 5) is 11.2. The molecule has 0 saturated heterocycles. The normalized spacial score (nSPS) is 19.2. The Morgan fingerprint density at radius 1 is 1.28 bits per heavy atom. The first-order valence-electron chi connectivity index (χ1n) is 10.7. The highest BCUT2D eigenvalue weighted by Gasteiger charge is 2.55. The summed E-state index contributed by atoms with van der Waals surface area (Å²) in [7, 11) is 0. The number of allylic oxidation sites excluding steroid dienone is 5. The summed E-state index contributed by atoms with van der Waals surface area (Å²) < 4.78 is 90.7. The lowest BCUT2D eigenvalue weighted by Crippen LogP contribution is -2.38. The third kappa shape index (κ3) is 7.80. The Hall–Kier alpha value is -2.90. The molecule has 196 valence electrons. The second-order valence-electron chi connectivity index (χ2n) is 7.89. The topological polar surface area (TPSA) is 55.8 Å². The van der Waals surface area contributed by atoms with Crippen molar-refractivity contribution >= 4 is 17.6 Å². The molecule has 2 rings (SSSR count). The van der Waals surface area contributed by atoms with Crippen LogP contribution in [0.2, 0.25) is 5.02 Å². The van der Waals surface area contributed by atoms with Crippen LogP contribution < -0.4 is 4.74 Å². The van der Waals surface area contributed by atoms with Crippen molar-refractivity contribution in [2.75, 3.05) is 13.2 Å². The van der Waals surface area contributed by atoms with Crippen LogP contribution in [0, 0.1) is 17.3 Å². The van der Waals surface area contributed by atoms with Gasteiger partial charge in [0, 0.05) is 25.0 Å². The first kappa shape index (κ1) is 29.3. The van der Waals surface area contributed by atoms with Gasteiger partial charge in [-0.3, -0.25) is 0 Å². The molecule has 1 unspecified atom stereocenters. The standard InChI is InChI=1S/C25H23ClF6O4/c1-3-35-21(22(33)34)14-17-6-7-20(19(26)13-17)36-12-9-16(2)8-11-23(25(30,31)32)10-4-5-18(15-23)24(27,28)29/h4-7,9-10,13,21H,3,12,14-15H2,1-2H3,(H,33,34)/b16-9+/t21-,23?/m0/s1. The van der Waals surface area contributed by atoms with Gasteiger partial charge in [0.1, 0.15) is 17.8 Å². The number of benzene rings is 1. The van der Waals surface area contributed by atoms with Crippen molar-refractivity contribution in [2.24, 2.45) is 5.41 Å². The van der Waals surface area contributed by atoms with Crippen LogP contribution in [0.15, 0.2) is 53.6 Å². The summed E-state index contributed by atoms with van der Waals surface area (Å²) in [5.41, 5.74) is -3.52. The number of alkyl halides is 6. The van der Waals surface area contributed by atoms with Crippen LogP contribution in [0.25, 0.3) is 0 Å². The average molecular weight is 537 g/mol. The van der Waals surface area contributed by atoms with Crippen LogP contribution in [-0.4, -0.2) is 42.7 Å². The third-order valence-corrected chi connectivity index (χ3v) is 5.48. The number of carboxylic acids is 1. The molecule has 0 bridgehead atoms. The van der Waals surface area contributed by atoms with Gasteiger partial charge >= 0.3 is 18.3 Å². The van der Waals surface area contributed by atoms with Crippen LogP contribution in [0.1, 0.15) is 25.8 Å². The summed E-state index contributed by atoms with van der Waals surface area (Å²) in [5, 5.41) is 9.36. The van der Waals surface area contributed by atoms with Gasteiger partial charge in [-0.1, -0.05) is 47.7 Å². The molecule has 0 fully saturated rings. The van der Waals surface area contributed by atoms with Crippen molar-refractivity contribution in [3.63, 3.8) is 0 Å². The molecule has 4 nitrogen and oxygen atoms in total. The van der Waals surface area contributed by atoms with Crippen LogP contribution in [0.4, 0.5) is 26.3 Å². The summed E-state index contributed by atoms with van der Waals surface area (Å²) in [6, 6.07) is 4.62. The van der Waals surface area contributed by atoms with Crippen LogP contribution in [0.5, 0.6) is 5.75 Å². The Morgan fingerprint density at radius 2 is 1.97 bits per heavy atom. The molecule has 36 heavy (non-hydrogen) atoms. The van der Waals surface area contributed by atoms with E-state index in [-0.39, 0.29) is 36.0 Å². The van der Waals surface area contributed by atoms with E-state index in [1.54, 1.807) is 13.0 Å². The van der Waals surface area contributed by atoms with E-state index in [4.69, 9.17) is 21.1 Å². The maximum atomic E-state index is 13.7. The maximum Gasteiger partial charge on any atom is 0.412 e. The molecule has 2 atom stereocenters. The minimum atomic E-state index is -5.02. The van der Waals surface area contributed by atoms with Crippen molar-refractivity contribution < 1.29 is 45.7 Å². The third-order valence-electron chi connectivity index (χ3n) is 5.19. The van der Waals surface area contributed by atoms with E-state index in [9.17, 15) is 36.2 Å². The Morgan fingerprint density at radius 3 is 2.53 bits per heavy atom. The number of ether oxygens (including phenoxy) is 2. The van der Waals surface area contributed by atoms with E-state index >= 15 is 0 Å². The first-order valence-corrected chi connectivity index (χ1v) is 11.0. The molecule has 0 aliphatic heterocycles. The van der Waals surface area contributed by atoms with Crippen molar-refractivity contribution in [1.29, 1.82) is 0 Å². The molecule has 1 aromatic rings. The molecule has 0 saturated carbocycles. The number of carbonyl (C=O) groups is 1. The molecule has 0 spiro atoms. The number of halogens is 7. The Balaban J connectivity index is 2.10. The highest BCUT2D eigenvalue weighted by atomic mass is 35.5. The summed E-state index contributed by atoms with van der Waals surface area (Å²) in [6.45, 7) is 3.17. The highest BCUT2D eigenvalue weighted by Crippen LogP contribution is 2.48. The van der Waals surface area contributed by atoms with Gasteiger partial charge in [0.05, 0.1) is 5.02 Å². The second kappa shape index (κ2) is 11.9. The van der Waals surface area contributed by atoms with Crippen LogP contribution in [-0.2, 0) is 16.0 Å². The van der Waals surface area contributed by atoms with Gasteiger partial charge in [-0.25, -0.2) is 4.79 Å². The smallest absolute Gasteiger partial charge is 0.412 e. The molecule has 1 aromatic carbocycles. The van der Waals surface area contributed by atoms with Gasteiger partial charge < -0.3 is 14.6 Å². The van der Waals surface area contributed by atoms with Gasteiger partial charge in [0.25, 0.3) is 0 Å². The first-order chi connectivity index (χ1) is 16.7. The monoisotopic (exact) mass is 536 g/mol. The molecular formula is C25H23ClF6O4. The number of carboxylic acid groups (broad SMARTS) is 1. The van der Waals surface area contributed by atoms with Crippen molar-refractivity contribution in [3.05, 3.63) is 64.2 Å². The summed E-state index contributed by atoms with van der Waals surface area (Å²) in [5.74, 6) is 3.38. The minimum Gasteiger partial charge on any atom is -0.488 e. The zero-order valence-electron chi connectivity index (χ0n) is 19.3. The van der Waals surface area contributed by atoms with Crippen molar-refractivity contribution in [2.45, 2.75) is 45.1 Å². The Kier molecular flexibility index (Phi) is 9.69. The van der Waals surface area contributed by atoms with E-state index in [1.807, 2.05) is 5.92 Å². The van der Waals surface area contributed by atoms with Crippen LogP contribution >= 0.6 is 11.6 Å². The fourth-order valence-corrected chi connectivity index (χ4v) is 3.49. The van der Waals surface area contributed by atoms with Crippen LogP contribution in [0.3, 0.4) is 0 Å². The molecule has 0 amide bonds. The maximum absolute atomic E-state index is 13.7. The molecule has 0 radical (unpaired) electrons. The average Bonchev–Trinajstić information content (AvgIpc) is 2.77. The van der Waals surface area contributed by atoms with Gasteiger partial charge in [0.15, 0.2) is 6.10 Å². The highest BCUT2D eigenvalue weighted by molar-refractivity contribution is 6.32. The Bertz CT molecular complexity index is 1110. The minimum absolute atomic E-state index is 0.0818. The van der Waals surface area contributed by atoms with E-state index in [0.29, 0.717) is 17.7 Å². The fraction of sp³-hybridized carbons (Fsp3) is 0.400. The molecule has 0 heterocycles. The predicted molar refractivity (Wildman–Crippen MR) is 122 cm³/mol. The van der Waals surface area contributed by atoms with Gasteiger partial charge in [-0.15, -0.1) is 0 Å². The summed E-state index contributed by atoms with van der Waals surface area (Å²) in [6.07, 6.45) is -8.89. The second-order valence-corrected chi connectivity index (χ2v) is 8.30. The van der Waals surface area contributed by atoms with E-state index in [1.165, 1.54) is 25.1 Å². The van der Waals surface area contributed by atoms with Gasteiger partial charge in [-0.2, -0.15) is 26.3 Å². The number of aliphatic carboxylic acids is 1. The molecule has 1 N–H and O–H groups in total. The summed E-state index contributed by atoms with van der Waals surface area (Å²) >= 11 is 6.17. The largest absolute Gasteiger partial charge is 0.488 e. The lowest BCUT2D eigenvalue weighted by atomic mass is 9.77. The SMILES string of the molecule is CCO[C@@H](Cc1ccc(OC/C=C(\C)C#CC2(C(F)(F)F)C=CC=C(C(F)(F)F)C2)c(Cl)c1)C(=O)O. The fourth-order valence-electron chi connectivity index (χ4n) is 3.23. The molecule has 1 aliphatic carbocycles. The van der Waals surface area contributed by atoms with E-state index < -0.39 is 41.8 Å². The zero-order valence-corrected chi connectivity index (χ0v) is 20.0. The van der Waals surface area contributed by atoms with Gasteiger partial charge in [0.2, 0.25) is 0 Å².